The van der Waals surface area contributed by atoms with Crippen LogP contribution in [0.15, 0.2) is 65.8 Å². The highest BCUT2D eigenvalue weighted by atomic mass is 16.2. The van der Waals surface area contributed by atoms with Gasteiger partial charge in [0.15, 0.2) is 0 Å². The zero-order valence-electron chi connectivity index (χ0n) is 15.6. The number of amides is 1. The Balaban J connectivity index is 1.83. The molecular formula is C22H23N3O. The van der Waals surface area contributed by atoms with Crippen molar-refractivity contribution in [2.24, 2.45) is 5.10 Å². The SMILES string of the molecule is C/C(=N/NC(=O)c1cc(C)n(-c2ccccc2)c1C)c1ccc(C)cc1. The van der Waals surface area contributed by atoms with Crippen LogP contribution in [0.5, 0.6) is 0 Å². The summed E-state index contributed by atoms with van der Waals surface area (Å²) in [6.45, 7) is 7.88. The number of aryl methyl sites for hydroxylation is 2. The highest BCUT2D eigenvalue weighted by Crippen LogP contribution is 2.20. The summed E-state index contributed by atoms with van der Waals surface area (Å²) < 4.78 is 2.07. The summed E-state index contributed by atoms with van der Waals surface area (Å²) >= 11 is 0. The van der Waals surface area contributed by atoms with E-state index < -0.39 is 0 Å². The van der Waals surface area contributed by atoms with Crippen LogP contribution in [0.1, 0.15) is 39.8 Å². The number of aromatic nitrogens is 1. The molecule has 0 radical (unpaired) electrons. The van der Waals surface area contributed by atoms with Gasteiger partial charge in [-0.05, 0) is 51.5 Å². The van der Waals surface area contributed by atoms with Crippen LogP contribution in [0, 0.1) is 20.8 Å². The zero-order valence-corrected chi connectivity index (χ0v) is 15.6. The van der Waals surface area contributed by atoms with E-state index in [1.165, 1.54) is 5.56 Å². The predicted molar refractivity (Wildman–Crippen MR) is 106 cm³/mol. The lowest BCUT2D eigenvalue weighted by molar-refractivity contribution is 0.0954. The van der Waals surface area contributed by atoms with Gasteiger partial charge in [-0.3, -0.25) is 4.79 Å². The summed E-state index contributed by atoms with van der Waals surface area (Å²) in [6, 6.07) is 20.0. The van der Waals surface area contributed by atoms with Crippen molar-refractivity contribution in [2.75, 3.05) is 0 Å². The molecule has 3 rings (SSSR count). The Hall–Kier alpha value is -3.14. The molecule has 1 amide bonds. The molecular weight excluding hydrogens is 322 g/mol. The molecule has 2 aromatic carbocycles. The van der Waals surface area contributed by atoms with Gasteiger partial charge >= 0.3 is 0 Å². The molecule has 1 heterocycles. The van der Waals surface area contributed by atoms with Crippen LogP contribution in [0.4, 0.5) is 0 Å². The van der Waals surface area contributed by atoms with Crippen molar-refractivity contribution in [3.05, 3.63) is 88.7 Å². The summed E-state index contributed by atoms with van der Waals surface area (Å²) in [4.78, 5) is 12.6. The number of benzene rings is 2. The second-order valence-corrected chi connectivity index (χ2v) is 6.46. The molecule has 0 saturated carbocycles. The molecule has 0 saturated heterocycles. The minimum absolute atomic E-state index is 0.202. The maximum Gasteiger partial charge on any atom is 0.273 e. The van der Waals surface area contributed by atoms with E-state index >= 15 is 0 Å². The highest BCUT2D eigenvalue weighted by molar-refractivity contribution is 6.01. The summed E-state index contributed by atoms with van der Waals surface area (Å²) in [7, 11) is 0. The number of carbonyl (C=O) groups excluding carboxylic acids is 1. The van der Waals surface area contributed by atoms with Gasteiger partial charge in [0.1, 0.15) is 0 Å². The molecule has 0 aliphatic carbocycles. The van der Waals surface area contributed by atoms with Crippen molar-refractivity contribution in [2.45, 2.75) is 27.7 Å². The Morgan fingerprint density at radius 1 is 0.962 bits per heavy atom. The maximum atomic E-state index is 12.6. The van der Waals surface area contributed by atoms with Crippen LogP contribution in [0.3, 0.4) is 0 Å². The number of carbonyl (C=O) groups is 1. The number of rotatable bonds is 4. The third kappa shape index (κ3) is 3.59. The number of hydrogen-bond donors (Lipinski definition) is 1. The smallest absolute Gasteiger partial charge is 0.273 e. The quantitative estimate of drug-likeness (QED) is 0.547. The topological polar surface area (TPSA) is 46.4 Å². The lowest BCUT2D eigenvalue weighted by Gasteiger charge is -2.09. The van der Waals surface area contributed by atoms with Gasteiger partial charge in [-0.15, -0.1) is 0 Å². The number of nitrogens with zero attached hydrogens (tertiary/aromatic N) is 2. The van der Waals surface area contributed by atoms with Crippen molar-refractivity contribution in [3.63, 3.8) is 0 Å². The fourth-order valence-electron chi connectivity index (χ4n) is 3.02. The molecule has 26 heavy (non-hydrogen) atoms. The van der Waals surface area contributed by atoms with Crippen molar-refractivity contribution in [1.29, 1.82) is 0 Å². The molecule has 1 N–H and O–H groups in total. The molecule has 0 spiro atoms. The second-order valence-electron chi connectivity index (χ2n) is 6.46. The monoisotopic (exact) mass is 345 g/mol. The average Bonchev–Trinajstić information content (AvgIpc) is 2.95. The van der Waals surface area contributed by atoms with Gasteiger partial charge in [0, 0.05) is 17.1 Å². The lowest BCUT2D eigenvalue weighted by Crippen LogP contribution is -2.20. The molecule has 0 unspecified atom stereocenters. The Morgan fingerprint density at radius 2 is 1.62 bits per heavy atom. The third-order valence-electron chi connectivity index (χ3n) is 4.48. The van der Waals surface area contributed by atoms with Crippen molar-refractivity contribution >= 4 is 11.6 Å². The summed E-state index contributed by atoms with van der Waals surface area (Å²) in [5, 5.41) is 4.26. The minimum atomic E-state index is -0.202. The van der Waals surface area contributed by atoms with Gasteiger partial charge in [-0.2, -0.15) is 5.10 Å². The zero-order chi connectivity index (χ0) is 18.7. The van der Waals surface area contributed by atoms with Crippen LogP contribution in [-0.2, 0) is 0 Å². The Labute approximate surface area is 154 Å². The van der Waals surface area contributed by atoms with E-state index in [2.05, 4.69) is 15.1 Å². The van der Waals surface area contributed by atoms with E-state index in [1.807, 2.05) is 88.4 Å². The molecule has 0 atom stereocenters. The minimum Gasteiger partial charge on any atom is -0.318 e. The second kappa shape index (κ2) is 7.40. The molecule has 4 nitrogen and oxygen atoms in total. The van der Waals surface area contributed by atoms with Crippen LogP contribution in [0.25, 0.3) is 5.69 Å². The number of nitrogens with one attached hydrogen (secondary N) is 1. The molecule has 1 aromatic heterocycles. The fourth-order valence-corrected chi connectivity index (χ4v) is 3.02. The van der Waals surface area contributed by atoms with Gasteiger partial charge in [0.2, 0.25) is 0 Å². The Kier molecular flexibility index (Phi) is 5.03. The van der Waals surface area contributed by atoms with Crippen LogP contribution < -0.4 is 5.43 Å². The largest absolute Gasteiger partial charge is 0.318 e. The molecule has 0 fully saturated rings. The molecule has 0 bridgehead atoms. The lowest BCUT2D eigenvalue weighted by atomic mass is 10.1. The molecule has 4 heteroatoms. The number of hydrazone groups is 1. The Bertz CT molecular complexity index is 951. The Morgan fingerprint density at radius 3 is 2.27 bits per heavy atom. The standard InChI is InChI=1S/C22H23N3O/c1-15-10-12-19(13-11-15)17(3)23-24-22(26)21-14-16(2)25(18(21)4)20-8-6-5-7-9-20/h5-14H,1-4H3,(H,24,26)/b23-17-. The van der Waals surface area contributed by atoms with Crippen LogP contribution >= 0.6 is 0 Å². The van der Waals surface area contributed by atoms with Crippen molar-refractivity contribution in [1.82, 2.24) is 9.99 Å². The normalized spacial score (nSPS) is 11.5. The first-order valence-corrected chi connectivity index (χ1v) is 8.63. The molecule has 3 aromatic rings. The third-order valence-corrected chi connectivity index (χ3v) is 4.48. The maximum absolute atomic E-state index is 12.6. The number of para-hydroxylation sites is 1. The van der Waals surface area contributed by atoms with Gasteiger partial charge in [0.25, 0.3) is 5.91 Å². The molecule has 0 aliphatic heterocycles. The fraction of sp³-hybridized carbons (Fsp3) is 0.182. The van der Waals surface area contributed by atoms with E-state index in [4.69, 9.17) is 0 Å². The van der Waals surface area contributed by atoms with Crippen molar-refractivity contribution in [3.8, 4) is 5.69 Å². The van der Waals surface area contributed by atoms with E-state index in [0.29, 0.717) is 5.56 Å². The first-order chi connectivity index (χ1) is 12.5. The van der Waals surface area contributed by atoms with Gasteiger partial charge in [0.05, 0.1) is 11.3 Å². The first kappa shape index (κ1) is 17.7. The van der Waals surface area contributed by atoms with Crippen LogP contribution in [-0.4, -0.2) is 16.2 Å². The van der Waals surface area contributed by atoms with Gasteiger partial charge in [-0.1, -0.05) is 48.0 Å². The van der Waals surface area contributed by atoms with Crippen LogP contribution in [0.2, 0.25) is 0 Å². The first-order valence-electron chi connectivity index (χ1n) is 8.63. The van der Waals surface area contributed by atoms with Gasteiger partial charge in [-0.25, -0.2) is 5.43 Å². The summed E-state index contributed by atoms with van der Waals surface area (Å²) in [5.41, 5.74) is 9.22. The van der Waals surface area contributed by atoms with E-state index in [-0.39, 0.29) is 5.91 Å². The molecule has 0 aliphatic rings. The highest BCUT2D eigenvalue weighted by Gasteiger charge is 2.16. The molecule has 132 valence electrons. The van der Waals surface area contributed by atoms with Crippen molar-refractivity contribution < 1.29 is 4.79 Å². The summed E-state index contributed by atoms with van der Waals surface area (Å²) in [6.07, 6.45) is 0. The van der Waals surface area contributed by atoms with E-state index in [1.54, 1.807) is 0 Å². The van der Waals surface area contributed by atoms with Gasteiger partial charge < -0.3 is 4.57 Å². The summed E-state index contributed by atoms with van der Waals surface area (Å²) in [5.74, 6) is -0.202. The predicted octanol–water partition coefficient (Wildman–Crippen LogP) is 4.56. The number of hydrogen-bond acceptors (Lipinski definition) is 2. The average molecular weight is 345 g/mol. The van der Waals surface area contributed by atoms with E-state index in [0.717, 1.165) is 28.4 Å². The van der Waals surface area contributed by atoms with E-state index in [9.17, 15) is 4.79 Å².